The average molecular weight is 398 g/mol. The van der Waals surface area contributed by atoms with Crippen molar-refractivity contribution >= 4 is 28.3 Å². The smallest absolute Gasteiger partial charge is 0.260 e. The van der Waals surface area contributed by atoms with E-state index in [4.69, 9.17) is 21.1 Å². The summed E-state index contributed by atoms with van der Waals surface area (Å²) in [5, 5.41) is 5.85. The highest BCUT2D eigenvalue weighted by atomic mass is 35.5. The lowest BCUT2D eigenvalue weighted by Gasteiger charge is -2.16. The number of hydrogen-bond donors (Lipinski definition) is 1. The van der Waals surface area contributed by atoms with Crippen LogP contribution in [0.1, 0.15) is 18.1 Å². The molecule has 0 aliphatic carbocycles. The predicted molar refractivity (Wildman–Crippen MR) is 113 cm³/mol. The molecule has 0 heterocycles. The molecule has 0 saturated carbocycles. The van der Waals surface area contributed by atoms with E-state index >= 15 is 0 Å². The first kappa shape index (κ1) is 20.0. The molecule has 0 saturated heterocycles. The summed E-state index contributed by atoms with van der Waals surface area (Å²) < 4.78 is 11.5. The lowest BCUT2D eigenvalue weighted by molar-refractivity contribution is -0.127. The van der Waals surface area contributed by atoms with E-state index in [0.717, 1.165) is 27.3 Å². The van der Waals surface area contributed by atoms with E-state index < -0.39 is 6.10 Å². The summed E-state index contributed by atoms with van der Waals surface area (Å²) in [4.78, 5) is 12.3. The number of benzene rings is 3. The van der Waals surface area contributed by atoms with Gasteiger partial charge in [-0.25, -0.2) is 0 Å². The SMILES string of the molecule is Cc1cc(O[C@H](C)C(=O)NCCOc2ccc3ccccc3c2)cc(C)c1Cl. The van der Waals surface area contributed by atoms with Gasteiger partial charge in [-0.2, -0.15) is 0 Å². The molecule has 3 aromatic carbocycles. The number of amides is 1. The van der Waals surface area contributed by atoms with E-state index in [2.05, 4.69) is 11.4 Å². The second kappa shape index (κ2) is 8.98. The first-order valence-corrected chi connectivity index (χ1v) is 9.64. The van der Waals surface area contributed by atoms with Crippen LogP contribution in [0, 0.1) is 13.8 Å². The molecule has 0 aliphatic rings. The van der Waals surface area contributed by atoms with Gasteiger partial charge in [0.05, 0.1) is 6.54 Å². The van der Waals surface area contributed by atoms with E-state index in [1.807, 2.05) is 62.4 Å². The van der Waals surface area contributed by atoms with E-state index in [9.17, 15) is 4.79 Å². The minimum atomic E-state index is -0.611. The first-order chi connectivity index (χ1) is 13.4. The van der Waals surface area contributed by atoms with Crippen molar-refractivity contribution in [2.75, 3.05) is 13.2 Å². The van der Waals surface area contributed by atoms with Crippen molar-refractivity contribution in [3.05, 3.63) is 70.7 Å². The van der Waals surface area contributed by atoms with Crippen molar-refractivity contribution in [3.63, 3.8) is 0 Å². The van der Waals surface area contributed by atoms with Gasteiger partial charge in [0.2, 0.25) is 0 Å². The summed E-state index contributed by atoms with van der Waals surface area (Å²) >= 11 is 6.17. The number of ether oxygens (including phenoxy) is 2. The van der Waals surface area contributed by atoms with Gasteiger partial charge in [-0.3, -0.25) is 4.79 Å². The Morgan fingerprint density at radius 2 is 1.68 bits per heavy atom. The number of nitrogens with one attached hydrogen (secondary N) is 1. The van der Waals surface area contributed by atoms with Crippen molar-refractivity contribution in [3.8, 4) is 11.5 Å². The Labute approximate surface area is 170 Å². The summed E-state index contributed by atoms with van der Waals surface area (Å²) in [5.41, 5.74) is 1.85. The van der Waals surface area contributed by atoms with Crippen LogP contribution < -0.4 is 14.8 Å². The maximum absolute atomic E-state index is 12.3. The molecule has 1 amide bonds. The van der Waals surface area contributed by atoms with Gasteiger partial charge < -0.3 is 14.8 Å². The molecular formula is C23H24ClNO3. The van der Waals surface area contributed by atoms with Gasteiger partial charge in [0.15, 0.2) is 6.10 Å². The van der Waals surface area contributed by atoms with Crippen molar-refractivity contribution in [2.45, 2.75) is 26.9 Å². The third-order valence-corrected chi connectivity index (χ3v) is 5.08. The molecule has 0 radical (unpaired) electrons. The summed E-state index contributed by atoms with van der Waals surface area (Å²) in [6.45, 7) is 6.33. The van der Waals surface area contributed by atoms with E-state index in [1.165, 1.54) is 5.39 Å². The Morgan fingerprint density at radius 1 is 1.00 bits per heavy atom. The quantitative estimate of drug-likeness (QED) is 0.566. The average Bonchev–Trinajstić information content (AvgIpc) is 2.69. The second-order valence-electron chi connectivity index (χ2n) is 6.78. The zero-order valence-electron chi connectivity index (χ0n) is 16.3. The molecule has 1 N–H and O–H groups in total. The Hall–Kier alpha value is -2.72. The van der Waals surface area contributed by atoms with Gasteiger partial charge in [-0.1, -0.05) is 41.9 Å². The van der Waals surface area contributed by atoms with E-state index in [1.54, 1.807) is 6.92 Å². The molecule has 0 bridgehead atoms. The van der Waals surface area contributed by atoms with Crippen LogP contribution >= 0.6 is 11.6 Å². The van der Waals surface area contributed by atoms with E-state index in [0.29, 0.717) is 18.9 Å². The number of carbonyl (C=O) groups excluding carboxylic acids is 1. The zero-order valence-corrected chi connectivity index (χ0v) is 17.0. The summed E-state index contributed by atoms with van der Waals surface area (Å²) in [7, 11) is 0. The van der Waals surface area contributed by atoms with Crippen LogP contribution in [0.5, 0.6) is 11.5 Å². The molecule has 0 aromatic heterocycles. The molecule has 3 aromatic rings. The molecule has 1 atom stereocenters. The van der Waals surface area contributed by atoms with Crippen molar-refractivity contribution in [2.24, 2.45) is 0 Å². The Kier molecular flexibility index (Phi) is 6.42. The van der Waals surface area contributed by atoms with Gasteiger partial charge in [0.25, 0.3) is 5.91 Å². The molecule has 0 spiro atoms. The van der Waals surface area contributed by atoms with Gasteiger partial charge in [-0.15, -0.1) is 0 Å². The summed E-state index contributed by atoms with van der Waals surface area (Å²) in [6.07, 6.45) is -0.611. The Bertz CT molecular complexity index is 963. The third kappa shape index (κ3) is 4.96. The molecule has 0 aliphatic heterocycles. The zero-order chi connectivity index (χ0) is 20.1. The van der Waals surface area contributed by atoms with Crippen LogP contribution in [-0.2, 0) is 4.79 Å². The highest BCUT2D eigenvalue weighted by Crippen LogP contribution is 2.26. The highest BCUT2D eigenvalue weighted by molar-refractivity contribution is 6.32. The molecule has 0 unspecified atom stereocenters. The van der Waals surface area contributed by atoms with Gasteiger partial charge in [-0.05, 0) is 66.9 Å². The topological polar surface area (TPSA) is 47.6 Å². The normalized spacial score (nSPS) is 11.9. The number of hydrogen-bond acceptors (Lipinski definition) is 3. The monoisotopic (exact) mass is 397 g/mol. The molecular weight excluding hydrogens is 374 g/mol. The maximum Gasteiger partial charge on any atom is 0.260 e. The highest BCUT2D eigenvalue weighted by Gasteiger charge is 2.15. The minimum Gasteiger partial charge on any atom is -0.492 e. The van der Waals surface area contributed by atoms with Crippen LogP contribution in [-0.4, -0.2) is 25.2 Å². The number of halogens is 1. The number of carbonyl (C=O) groups is 1. The minimum absolute atomic E-state index is 0.188. The molecule has 28 heavy (non-hydrogen) atoms. The van der Waals surface area contributed by atoms with Gasteiger partial charge in [0.1, 0.15) is 18.1 Å². The largest absolute Gasteiger partial charge is 0.492 e. The lowest BCUT2D eigenvalue weighted by Crippen LogP contribution is -2.38. The molecule has 0 fully saturated rings. The van der Waals surface area contributed by atoms with Crippen LogP contribution in [0.3, 0.4) is 0 Å². The molecule has 146 valence electrons. The van der Waals surface area contributed by atoms with E-state index in [-0.39, 0.29) is 5.91 Å². The molecule has 5 heteroatoms. The van der Waals surface area contributed by atoms with Crippen molar-refractivity contribution < 1.29 is 14.3 Å². The standard InChI is InChI=1S/C23H24ClNO3/c1-15-12-21(13-16(2)22(15)24)28-17(3)23(26)25-10-11-27-20-9-8-18-6-4-5-7-19(18)14-20/h4-9,12-14,17H,10-11H2,1-3H3,(H,25,26)/t17-/m1/s1. The number of fused-ring (bicyclic) bond motifs is 1. The maximum atomic E-state index is 12.3. The van der Waals surface area contributed by atoms with Crippen molar-refractivity contribution in [1.29, 1.82) is 0 Å². The fourth-order valence-corrected chi connectivity index (χ4v) is 3.08. The Balaban J connectivity index is 1.46. The second-order valence-corrected chi connectivity index (χ2v) is 7.16. The van der Waals surface area contributed by atoms with Crippen molar-refractivity contribution in [1.82, 2.24) is 5.32 Å². The van der Waals surface area contributed by atoms with Crippen LogP contribution in [0.4, 0.5) is 0 Å². The fraction of sp³-hybridized carbons (Fsp3) is 0.261. The van der Waals surface area contributed by atoms with Crippen LogP contribution in [0.2, 0.25) is 5.02 Å². The summed E-state index contributed by atoms with van der Waals surface area (Å²) in [6, 6.07) is 17.7. The van der Waals surface area contributed by atoms with Crippen LogP contribution in [0.25, 0.3) is 10.8 Å². The molecule has 3 rings (SSSR count). The fourth-order valence-electron chi connectivity index (χ4n) is 2.98. The molecule has 4 nitrogen and oxygen atoms in total. The number of aryl methyl sites for hydroxylation is 2. The Morgan fingerprint density at radius 3 is 2.39 bits per heavy atom. The van der Waals surface area contributed by atoms with Gasteiger partial charge >= 0.3 is 0 Å². The predicted octanol–water partition coefficient (Wildman–Crippen LogP) is 5.07. The first-order valence-electron chi connectivity index (χ1n) is 9.27. The van der Waals surface area contributed by atoms with Crippen LogP contribution in [0.15, 0.2) is 54.6 Å². The third-order valence-electron chi connectivity index (χ3n) is 4.48. The lowest BCUT2D eigenvalue weighted by atomic mass is 10.1. The number of rotatable bonds is 7. The van der Waals surface area contributed by atoms with Gasteiger partial charge in [0, 0.05) is 5.02 Å². The summed E-state index contributed by atoms with van der Waals surface area (Å²) in [5.74, 6) is 1.23.